The fourth-order valence-electron chi connectivity index (χ4n) is 2.73. The lowest BCUT2D eigenvalue weighted by molar-refractivity contribution is 0.0671. The molecule has 0 aromatic heterocycles. The highest BCUT2D eigenvalue weighted by Gasteiger charge is 2.23. The van der Waals surface area contributed by atoms with E-state index in [1.807, 2.05) is 11.8 Å². The molecule has 2 N–H and O–H groups in total. The predicted molar refractivity (Wildman–Crippen MR) is 80.9 cm³/mol. The van der Waals surface area contributed by atoms with Gasteiger partial charge in [-0.05, 0) is 43.9 Å². The average molecular weight is 276 g/mol. The molecule has 1 heterocycles. The van der Waals surface area contributed by atoms with Crippen LogP contribution in [0.2, 0.25) is 0 Å². The van der Waals surface area contributed by atoms with Crippen LogP contribution in [0.4, 0.5) is 5.69 Å². The molecule has 1 aromatic carbocycles. The quantitative estimate of drug-likeness (QED) is 0.860. The second kappa shape index (κ2) is 6.64. The Labute approximate surface area is 120 Å². The van der Waals surface area contributed by atoms with Gasteiger partial charge in [0.05, 0.1) is 12.3 Å². The number of rotatable bonds is 4. The van der Waals surface area contributed by atoms with Crippen LogP contribution < -0.4 is 10.5 Å². The number of nitrogens with two attached hydrogens (primary N) is 1. The summed E-state index contributed by atoms with van der Waals surface area (Å²) in [4.78, 5) is 14.5. The van der Waals surface area contributed by atoms with E-state index in [0.717, 1.165) is 25.9 Å². The summed E-state index contributed by atoms with van der Waals surface area (Å²) in [6.45, 7) is 6.39. The Morgan fingerprint density at radius 3 is 2.90 bits per heavy atom. The molecule has 1 atom stereocenters. The van der Waals surface area contributed by atoms with Crippen molar-refractivity contribution in [3.63, 3.8) is 0 Å². The minimum atomic E-state index is 0.0814. The molecule has 2 rings (SSSR count). The van der Waals surface area contributed by atoms with Crippen molar-refractivity contribution in [2.45, 2.75) is 33.1 Å². The highest BCUT2D eigenvalue weighted by atomic mass is 16.5. The van der Waals surface area contributed by atoms with Crippen LogP contribution in [0, 0.1) is 5.92 Å². The number of nitrogens with zero attached hydrogens (tertiary/aromatic N) is 1. The molecule has 1 aromatic rings. The summed E-state index contributed by atoms with van der Waals surface area (Å²) in [6, 6.07) is 5.31. The van der Waals surface area contributed by atoms with Gasteiger partial charge in [0.2, 0.25) is 0 Å². The van der Waals surface area contributed by atoms with Gasteiger partial charge in [-0.15, -0.1) is 0 Å². The van der Waals surface area contributed by atoms with Crippen molar-refractivity contribution in [1.82, 2.24) is 4.90 Å². The molecule has 1 fully saturated rings. The van der Waals surface area contributed by atoms with E-state index in [1.54, 1.807) is 18.2 Å². The standard InChI is InChI=1S/C16H24N2O2/c1-3-12-6-5-9-18(11-12)16(19)13-7-8-15(20-4-2)14(17)10-13/h7-8,10,12H,3-6,9,11,17H2,1-2H3. The molecule has 0 bridgehead atoms. The second-order valence-corrected chi connectivity index (χ2v) is 5.35. The first-order valence-electron chi connectivity index (χ1n) is 7.47. The van der Waals surface area contributed by atoms with E-state index in [0.29, 0.717) is 29.5 Å². The molecule has 0 radical (unpaired) electrons. The number of likely N-dealkylation sites (tertiary alicyclic amines) is 1. The van der Waals surface area contributed by atoms with Crippen LogP contribution in [-0.2, 0) is 0 Å². The highest BCUT2D eigenvalue weighted by molar-refractivity contribution is 5.95. The number of nitrogen functional groups attached to an aromatic ring is 1. The second-order valence-electron chi connectivity index (χ2n) is 5.35. The Hall–Kier alpha value is -1.71. The van der Waals surface area contributed by atoms with E-state index in [9.17, 15) is 4.79 Å². The molecular weight excluding hydrogens is 252 g/mol. The van der Waals surface area contributed by atoms with Crippen LogP contribution in [0.1, 0.15) is 43.5 Å². The minimum Gasteiger partial charge on any atom is -0.492 e. The summed E-state index contributed by atoms with van der Waals surface area (Å²) >= 11 is 0. The molecule has 1 saturated heterocycles. The SMILES string of the molecule is CCOc1ccc(C(=O)N2CCCC(CC)C2)cc1N. The molecule has 4 nitrogen and oxygen atoms in total. The summed E-state index contributed by atoms with van der Waals surface area (Å²) in [5, 5.41) is 0. The Morgan fingerprint density at radius 1 is 1.45 bits per heavy atom. The molecule has 4 heteroatoms. The molecule has 1 aliphatic heterocycles. The van der Waals surface area contributed by atoms with Crippen molar-refractivity contribution in [2.24, 2.45) is 5.92 Å². The number of piperidine rings is 1. The summed E-state index contributed by atoms with van der Waals surface area (Å²) in [5.41, 5.74) is 7.12. The zero-order valence-electron chi connectivity index (χ0n) is 12.4. The minimum absolute atomic E-state index is 0.0814. The summed E-state index contributed by atoms with van der Waals surface area (Å²) in [7, 11) is 0. The molecule has 1 unspecified atom stereocenters. The Morgan fingerprint density at radius 2 is 2.25 bits per heavy atom. The van der Waals surface area contributed by atoms with E-state index in [2.05, 4.69) is 6.92 Å². The van der Waals surface area contributed by atoms with E-state index in [1.165, 1.54) is 6.42 Å². The van der Waals surface area contributed by atoms with Crippen molar-refractivity contribution >= 4 is 11.6 Å². The van der Waals surface area contributed by atoms with E-state index >= 15 is 0 Å². The van der Waals surface area contributed by atoms with Crippen LogP contribution in [-0.4, -0.2) is 30.5 Å². The van der Waals surface area contributed by atoms with Crippen LogP contribution in [0.3, 0.4) is 0 Å². The monoisotopic (exact) mass is 276 g/mol. The zero-order chi connectivity index (χ0) is 14.5. The summed E-state index contributed by atoms with van der Waals surface area (Å²) in [5.74, 6) is 1.36. The number of ether oxygens (including phenoxy) is 1. The van der Waals surface area contributed by atoms with Gasteiger partial charge in [0.1, 0.15) is 5.75 Å². The maximum Gasteiger partial charge on any atom is 0.253 e. The largest absolute Gasteiger partial charge is 0.492 e. The van der Waals surface area contributed by atoms with E-state index in [4.69, 9.17) is 10.5 Å². The van der Waals surface area contributed by atoms with Gasteiger partial charge in [-0.3, -0.25) is 4.79 Å². The lowest BCUT2D eigenvalue weighted by Gasteiger charge is -2.32. The predicted octanol–water partition coefficient (Wildman–Crippen LogP) is 2.93. The van der Waals surface area contributed by atoms with Crippen LogP contribution in [0.25, 0.3) is 0 Å². The Bertz CT molecular complexity index is 474. The van der Waals surface area contributed by atoms with Gasteiger partial charge in [-0.25, -0.2) is 0 Å². The highest BCUT2D eigenvalue weighted by Crippen LogP contribution is 2.25. The van der Waals surface area contributed by atoms with Gasteiger partial charge < -0.3 is 15.4 Å². The lowest BCUT2D eigenvalue weighted by atomic mass is 9.95. The topological polar surface area (TPSA) is 55.6 Å². The van der Waals surface area contributed by atoms with Crippen molar-refractivity contribution in [1.29, 1.82) is 0 Å². The van der Waals surface area contributed by atoms with Gasteiger partial charge in [0, 0.05) is 18.7 Å². The summed E-state index contributed by atoms with van der Waals surface area (Å²) < 4.78 is 5.40. The van der Waals surface area contributed by atoms with Crippen LogP contribution in [0.15, 0.2) is 18.2 Å². The average Bonchev–Trinajstić information content (AvgIpc) is 2.49. The first kappa shape index (κ1) is 14.7. The van der Waals surface area contributed by atoms with E-state index < -0.39 is 0 Å². The third kappa shape index (κ3) is 3.24. The lowest BCUT2D eigenvalue weighted by Crippen LogP contribution is -2.39. The number of carbonyl (C=O) groups is 1. The Balaban J connectivity index is 2.10. The number of hydrogen-bond donors (Lipinski definition) is 1. The van der Waals surface area contributed by atoms with Gasteiger partial charge in [0.25, 0.3) is 5.91 Å². The van der Waals surface area contributed by atoms with Gasteiger partial charge >= 0.3 is 0 Å². The number of anilines is 1. The van der Waals surface area contributed by atoms with Gasteiger partial charge in [0.15, 0.2) is 0 Å². The van der Waals surface area contributed by atoms with Gasteiger partial charge in [-0.1, -0.05) is 13.3 Å². The fraction of sp³-hybridized carbons (Fsp3) is 0.562. The van der Waals surface area contributed by atoms with Crippen molar-refractivity contribution < 1.29 is 9.53 Å². The molecule has 0 aliphatic carbocycles. The smallest absolute Gasteiger partial charge is 0.253 e. The molecule has 110 valence electrons. The van der Waals surface area contributed by atoms with Crippen molar-refractivity contribution in [3.8, 4) is 5.75 Å². The van der Waals surface area contributed by atoms with Crippen molar-refractivity contribution in [3.05, 3.63) is 23.8 Å². The Kier molecular flexibility index (Phi) is 4.88. The number of hydrogen-bond acceptors (Lipinski definition) is 3. The van der Waals surface area contributed by atoms with Crippen molar-refractivity contribution in [2.75, 3.05) is 25.4 Å². The van der Waals surface area contributed by atoms with E-state index in [-0.39, 0.29) is 5.91 Å². The zero-order valence-corrected chi connectivity index (χ0v) is 12.4. The first-order valence-corrected chi connectivity index (χ1v) is 7.47. The van der Waals surface area contributed by atoms with Gasteiger partial charge in [-0.2, -0.15) is 0 Å². The normalized spacial score (nSPS) is 18.9. The molecule has 0 saturated carbocycles. The number of benzene rings is 1. The molecule has 0 spiro atoms. The number of amides is 1. The molecular formula is C16H24N2O2. The van der Waals surface area contributed by atoms with Crippen LogP contribution in [0.5, 0.6) is 5.75 Å². The summed E-state index contributed by atoms with van der Waals surface area (Å²) in [6.07, 6.45) is 3.46. The molecule has 1 amide bonds. The molecule has 20 heavy (non-hydrogen) atoms. The third-order valence-corrected chi connectivity index (χ3v) is 3.94. The maximum atomic E-state index is 12.5. The van der Waals surface area contributed by atoms with Crippen LogP contribution >= 0.6 is 0 Å². The third-order valence-electron chi connectivity index (χ3n) is 3.94. The maximum absolute atomic E-state index is 12.5. The first-order chi connectivity index (χ1) is 9.65. The fourth-order valence-corrected chi connectivity index (χ4v) is 2.73. The molecule has 1 aliphatic rings. The number of carbonyl (C=O) groups excluding carboxylic acids is 1.